The highest BCUT2D eigenvalue weighted by atomic mass is 19.1. The zero-order chi connectivity index (χ0) is 21.2. The Balaban J connectivity index is 1.45. The molecule has 2 heterocycles. The van der Waals surface area contributed by atoms with Crippen molar-refractivity contribution in [3.05, 3.63) is 96.3 Å². The molecule has 31 heavy (non-hydrogen) atoms. The highest BCUT2D eigenvalue weighted by Crippen LogP contribution is 2.27. The summed E-state index contributed by atoms with van der Waals surface area (Å²) in [6.07, 6.45) is 0.897. The number of carbonyl (C=O) groups excluding carboxylic acids is 1. The van der Waals surface area contributed by atoms with Crippen LogP contribution in [0.5, 0.6) is 0 Å². The first-order valence-corrected chi connectivity index (χ1v) is 10.4. The fraction of sp³-hybridized carbons (Fsp3) is 0.154. The number of halogens is 1. The molecule has 4 nitrogen and oxygen atoms in total. The number of benzene rings is 3. The van der Waals surface area contributed by atoms with Crippen LogP contribution in [0.1, 0.15) is 16.8 Å². The van der Waals surface area contributed by atoms with Gasteiger partial charge in [0.05, 0.1) is 16.8 Å². The Morgan fingerprint density at radius 3 is 2.52 bits per heavy atom. The van der Waals surface area contributed by atoms with Crippen LogP contribution in [0.3, 0.4) is 0 Å². The Labute approximate surface area is 180 Å². The van der Waals surface area contributed by atoms with Crippen LogP contribution in [-0.2, 0) is 0 Å². The van der Waals surface area contributed by atoms with Crippen molar-refractivity contribution in [1.82, 2.24) is 9.88 Å². The zero-order valence-electron chi connectivity index (χ0n) is 17.0. The topological polar surface area (TPSA) is 45.2 Å². The van der Waals surface area contributed by atoms with Crippen molar-refractivity contribution < 1.29 is 9.18 Å². The van der Waals surface area contributed by atoms with E-state index in [1.807, 2.05) is 65.6 Å². The fourth-order valence-electron chi connectivity index (χ4n) is 4.12. The highest BCUT2D eigenvalue weighted by Gasteiger charge is 2.28. The number of nitrogens with zero attached hydrogens (tertiary/aromatic N) is 2. The molecule has 1 aromatic heterocycles. The van der Waals surface area contributed by atoms with Crippen LogP contribution in [0.4, 0.5) is 10.1 Å². The van der Waals surface area contributed by atoms with Crippen molar-refractivity contribution in [1.29, 1.82) is 0 Å². The third-order valence-electron chi connectivity index (χ3n) is 5.71. The summed E-state index contributed by atoms with van der Waals surface area (Å²) in [6.45, 7) is 1.35. The van der Waals surface area contributed by atoms with Gasteiger partial charge in [-0.2, -0.15) is 0 Å². The lowest BCUT2D eigenvalue weighted by Crippen LogP contribution is -2.31. The summed E-state index contributed by atoms with van der Waals surface area (Å²) in [4.78, 5) is 20.1. The van der Waals surface area contributed by atoms with Gasteiger partial charge in [0.1, 0.15) is 5.82 Å². The Morgan fingerprint density at radius 2 is 1.71 bits per heavy atom. The van der Waals surface area contributed by atoms with E-state index in [9.17, 15) is 9.18 Å². The number of anilines is 1. The molecule has 1 N–H and O–H groups in total. The Bertz CT molecular complexity index is 1220. The van der Waals surface area contributed by atoms with Crippen LogP contribution >= 0.6 is 0 Å². The molecule has 1 aliphatic heterocycles. The smallest absolute Gasteiger partial charge is 0.254 e. The van der Waals surface area contributed by atoms with Gasteiger partial charge in [0, 0.05) is 35.8 Å². The molecule has 154 valence electrons. The number of aromatic nitrogens is 1. The molecule has 1 fully saturated rings. The number of nitrogens with one attached hydrogen (secondary N) is 1. The minimum Gasteiger partial charge on any atom is -0.380 e. The third-order valence-corrected chi connectivity index (χ3v) is 5.71. The van der Waals surface area contributed by atoms with Crippen LogP contribution in [0.15, 0.2) is 84.9 Å². The Kier molecular flexibility index (Phi) is 5.08. The standard InChI is InChI=1S/C26H22FN3O/c27-19-12-10-18(11-13-19)25-16-23(22-8-4-5-9-24(22)29-25)26(31)30-15-14-21(17-30)28-20-6-2-1-3-7-20/h1-13,16,21,28H,14-15,17H2. The second kappa shape index (κ2) is 8.19. The summed E-state index contributed by atoms with van der Waals surface area (Å²) in [6, 6.07) is 26.0. The molecule has 1 unspecified atom stereocenters. The summed E-state index contributed by atoms with van der Waals surface area (Å²) >= 11 is 0. The summed E-state index contributed by atoms with van der Waals surface area (Å²) in [5.74, 6) is -0.297. The SMILES string of the molecule is O=C(c1cc(-c2ccc(F)cc2)nc2ccccc12)N1CCC(Nc2ccccc2)C1. The number of para-hydroxylation sites is 2. The lowest BCUT2D eigenvalue weighted by Gasteiger charge is -2.19. The number of pyridine rings is 1. The third kappa shape index (κ3) is 3.99. The predicted molar refractivity (Wildman–Crippen MR) is 122 cm³/mol. The molecule has 0 spiro atoms. The van der Waals surface area contributed by atoms with Gasteiger partial charge in [-0.05, 0) is 55.0 Å². The van der Waals surface area contributed by atoms with Gasteiger partial charge in [-0.1, -0.05) is 36.4 Å². The molecule has 5 heteroatoms. The van der Waals surface area contributed by atoms with E-state index in [1.165, 1.54) is 12.1 Å². The molecule has 5 rings (SSSR count). The van der Waals surface area contributed by atoms with E-state index < -0.39 is 0 Å². The average Bonchev–Trinajstić information content (AvgIpc) is 3.27. The molecule has 0 aliphatic carbocycles. The Morgan fingerprint density at radius 1 is 0.968 bits per heavy atom. The fourth-order valence-corrected chi connectivity index (χ4v) is 4.12. The summed E-state index contributed by atoms with van der Waals surface area (Å²) < 4.78 is 13.4. The van der Waals surface area contributed by atoms with Crippen molar-refractivity contribution in [2.45, 2.75) is 12.5 Å². The molecule has 0 bridgehead atoms. The van der Waals surface area contributed by atoms with Crippen LogP contribution in [-0.4, -0.2) is 34.9 Å². The van der Waals surface area contributed by atoms with Gasteiger partial charge in [-0.3, -0.25) is 4.79 Å². The first-order chi connectivity index (χ1) is 15.2. The minimum absolute atomic E-state index is 0.000627. The lowest BCUT2D eigenvalue weighted by atomic mass is 10.0. The van der Waals surface area contributed by atoms with Gasteiger partial charge < -0.3 is 10.2 Å². The number of rotatable bonds is 4. The van der Waals surface area contributed by atoms with Crippen LogP contribution < -0.4 is 5.32 Å². The first kappa shape index (κ1) is 19.2. The first-order valence-electron chi connectivity index (χ1n) is 10.4. The van der Waals surface area contributed by atoms with E-state index in [-0.39, 0.29) is 17.8 Å². The van der Waals surface area contributed by atoms with Gasteiger partial charge in [0.2, 0.25) is 0 Å². The molecular weight excluding hydrogens is 389 g/mol. The van der Waals surface area contributed by atoms with E-state index in [1.54, 1.807) is 12.1 Å². The maximum Gasteiger partial charge on any atom is 0.254 e. The molecular formula is C26H22FN3O. The largest absolute Gasteiger partial charge is 0.380 e. The van der Waals surface area contributed by atoms with E-state index >= 15 is 0 Å². The normalized spacial score (nSPS) is 15.9. The van der Waals surface area contributed by atoms with Crippen molar-refractivity contribution in [2.75, 3.05) is 18.4 Å². The second-order valence-electron chi connectivity index (χ2n) is 7.83. The van der Waals surface area contributed by atoms with Gasteiger partial charge in [0.15, 0.2) is 0 Å². The number of hydrogen-bond acceptors (Lipinski definition) is 3. The van der Waals surface area contributed by atoms with Crippen LogP contribution in [0, 0.1) is 5.82 Å². The monoisotopic (exact) mass is 411 g/mol. The highest BCUT2D eigenvalue weighted by molar-refractivity contribution is 6.07. The second-order valence-corrected chi connectivity index (χ2v) is 7.83. The lowest BCUT2D eigenvalue weighted by molar-refractivity contribution is 0.0793. The predicted octanol–water partition coefficient (Wildman–Crippen LogP) is 5.37. The molecule has 1 saturated heterocycles. The Hall–Kier alpha value is -3.73. The van der Waals surface area contributed by atoms with Crippen molar-refractivity contribution in [3.8, 4) is 11.3 Å². The number of carbonyl (C=O) groups is 1. The van der Waals surface area contributed by atoms with Gasteiger partial charge in [0.25, 0.3) is 5.91 Å². The summed E-state index contributed by atoms with van der Waals surface area (Å²) in [5, 5.41) is 4.35. The zero-order valence-corrected chi connectivity index (χ0v) is 17.0. The molecule has 3 aromatic carbocycles. The molecule has 1 amide bonds. The minimum atomic E-state index is -0.296. The van der Waals surface area contributed by atoms with E-state index in [0.717, 1.165) is 28.6 Å². The van der Waals surface area contributed by atoms with Crippen molar-refractivity contribution >= 4 is 22.5 Å². The average molecular weight is 411 g/mol. The van der Waals surface area contributed by atoms with Crippen molar-refractivity contribution in [3.63, 3.8) is 0 Å². The molecule has 0 radical (unpaired) electrons. The van der Waals surface area contributed by atoms with E-state index in [2.05, 4.69) is 5.32 Å². The van der Waals surface area contributed by atoms with Crippen LogP contribution in [0.2, 0.25) is 0 Å². The van der Waals surface area contributed by atoms with Gasteiger partial charge in [-0.15, -0.1) is 0 Å². The molecule has 1 atom stereocenters. The number of hydrogen-bond donors (Lipinski definition) is 1. The van der Waals surface area contributed by atoms with E-state index in [4.69, 9.17) is 4.98 Å². The van der Waals surface area contributed by atoms with Gasteiger partial charge >= 0.3 is 0 Å². The van der Waals surface area contributed by atoms with E-state index in [0.29, 0.717) is 24.3 Å². The number of amides is 1. The summed E-state index contributed by atoms with van der Waals surface area (Å²) in [7, 11) is 0. The summed E-state index contributed by atoms with van der Waals surface area (Å²) in [5.41, 5.74) is 3.90. The molecule has 1 aliphatic rings. The molecule has 4 aromatic rings. The maximum atomic E-state index is 13.5. The molecule has 0 saturated carbocycles. The van der Waals surface area contributed by atoms with Crippen molar-refractivity contribution in [2.24, 2.45) is 0 Å². The van der Waals surface area contributed by atoms with Crippen LogP contribution in [0.25, 0.3) is 22.2 Å². The van der Waals surface area contributed by atoms with Gasteiger partial charge in [-0.25, -0.2) is 9.37 Å². The quantitative estimate of drug-likeness (QED) is 0.491. The maximum absolute atomic E-state index is 13.5. The number of fused-ring (bicyclic) bond motifs is 1. The number of likely N-dealkylation sites (tertiary alicyclic amines) is 1.